The van der Waals surface area contributed by atoms with Gasteiger partial charge in [-0.15, -0.1) is 0 Å². The number of hydrogen-bond donors (Lipinski definition) is 1. The van der Waals surface area contributed by atoms with Crippen LogP contribution in [-0.2, 0) is 16.6 Å². The van der Waals surface area contributed by atoms with E-state index in [1.807, 2.05) is 13.0 Å². The molecule has 1 aromatic carbocycles. The van der Waals surface area contributed by atoms with E-state index in [1.54, 1.807) is 6.20 Å². The van der Waals surface area contributed by atoms with Crippen LogP contribution in [0.4, 0.5) is 0 Å². The minimum atomic E-state index is -0.764. The summed E-state index contributed by atoms with van der Waals surface area (Å²) in [5, 5.41) is 16.9. The fourth-order valence-corrected chi connectivity index (χ4v) is 3.34. The van der Waals surface area contributed by atoms with Crippen LogP contribution in [0.3, 0.4) is 0 Å². The van der Waals surface area contributed by atoms with Crippen LogP contribution >= 0.6 is 0 Å². The number of aromatic nitrogens is 2. The Balaban J connectivity index is 1.77. The van der Waals surface area contributed by atoms with E-state index >= 15 is 0 Å². The van der Waals surface area contributed by atoms with Crippen LogP contribution < -0.4 is 4.74 Å². The second-order valence-electron chi connectivity index (χ2n) is 7.93. The average Bonchev–Trinajstić information content (AvgIpc) is 2.64. The summed E-state index contributed by atoms with van der Waals surface area (Å²) < 4.78 is 5.83. The lowest BCUT2D eigenvalue weighted by Crippen LogP contribution is -2.26. The zero-order valence-electron chi connectivity index (χ0n) is 16.7. The van der Waals surface area contributed by atoms with E-state index < -0.39 is 5.97 Å². The maximum absolute atomic E-state index is 10.6. The lowest BCUT2D eigenvalue weighted by molar-refractivity contribution is -0.137. The number of aliphatic carboxylic acids is 1. The molecular weight excluding hydrogens is 352 g/mol. The van der Waals surface area contributed by atoms with Gasteiger partial charge in [0.2, 0.25) is 0 Å². The van der Waals surface area contributed by atoms with Crippen LogP contribution in [0.25, 0.3) is 0 Å². The molecule has 0 unspecified atom stereocenters. The first-order chi connectivity index (χ1) is 13.3. The molecule has 5 nitrogen and oxygen atoms in total. The lowest BCUT2D eigenvalue weighted by Gasteiger charge is -2.33. The van der Waals surface area contributed by atoms with E-state index in [4.69, 9.17) is 9.84 Å². The van der Waals surface area contributed by atoms with Crippen molar-refractivity contribution in [1.29, 1.82) is 0 Å². The van der Waals surface area contributed by atoms with Crippen molar-refractivity contribution >= 4 is 5.97 Å². The summed E-state index contributed by atoms with van der Waals surface area (Å²) in [6.45, 7) is 7.28. The number of nitrogens with zero attached hydrogens (tertiary/aromatic N) is 2. The fourth-order valence-electron chi connectivity index (χ4n) is 3.34. The number of carbonyl (C=O) groups is 1. The first-order valence-electron chi connectivity index (χ1n) is 9.68. The molecule has 1 N–H and O–H groups in total. The molecule has 5 heteroatoms. The molecule has 0 bridgehead atoms. The molecule has 0 spiro atoms. The van der Waals surface area contributed by atoms with E-state index in [0.29, 0.717) is 12.8 Å². The van der Waals surface area contributed by atoms with Crippen LogP contribution in [0.2, 0.25) is 0 Å². The number of ether oxygens (including phenoxy) is 1. The average molecular weight is 378 g/mol. The van der Waals surface area contributed by atoms with Crippen molar-refractivity contribution in [3.63, 3.8) is 0 Å². The Bertz CT molecular complexity index is 939. The third kappa shape index (κ3) is 4.89. The van der Waals surface area contributed by atoms with E-state index in [0.717, 1.165) is 47.6 Å². The Morgan fingerprint density at radius 1 is 1.25 bits per heavy atom. The molecule has 0 aliphatic carbocycles. The third-order valence-corrected chi connectivity index (χ3v) is 5.16. The van der Waals surface area contributed by atoms with Crippen molar-refractivity contribution in [3.05, 3.63) is 52.3 Å². The maximum atomic E-state index is 10.6. The molecule has 0 radical (unpaired) electrons. The van der Waals surface area contributed by atoms with Crippen molar-refractivity contribution in [2.45, 2.75) is 58.3 Å². The van der Waals surface area contributed by atoms with Crippen molar-refractivity contribution < 1.29 is 14.6 Å². The Morgan fingerprint density at radius 3 is 2.86 bits per heavy atom. The second-order valence-corrected chi connectivity index (χ2v) is 7.93. The van der Waals surface area contributed by atoms with Crippen molar-refractivity contribution in [3.8, 4) is 17.6 Å². The zero-order valence-corrected chi connectivity index (χ0v) is 16.7. The van der Waals surface area contributed by atoms with Gasteiger partial charge in [0, 0.05) is 23.1 Å². The Kier molecular flexibility index (Phi) is 5.99. The summed E-state index contributed by atoms with van der Waals surface area (Å²) in [4.78, 5) is 10.6. The highest BCUT2D eigenvalue weighted by molar-refractivity contribution is 5.66. The molecule has 3 rings (SSSR count). The molecule has 2 heterocycles. The summed E-state index contributed by atoms with van der Waals surface area (Å²) in [6, 6.07) is 6.17. The third-order valence-electron chi connectivity index (χ3n) is 5.16. The number of fused-ring (bicyclic) bond motifs is 1. The van der Waals surface area contributed by atoms with Crippen molar-refractivity contribution in [2.24, 2.45) is 0 Å². The van der Waals surface area contributed by atoms with Gasteiger partial charge in [-0.25, -0.2) is 0 Å². The lowest BCUT2D eigenvalue weighted by atomic mass is 9.78. The van der Waals surface area contributed by atoms with E-state index in [1.165, 1.54) is 5.56 Å². The number of rotatable bonds is 5. The monoisotopic (exact) mass is 378 g/mol. The van der Waals surface area contributed by atoms with Crippen molar-refractivity contribution in [1.82, 2.24) is 10.2 Å². The molecule has 0 fully saturated rings. The standard InChI is InChI=1S/C23H26N2O3/c1-16-12-21-20(23(2,3)10-11-28-21)14-18(16)9-8-17-13-19(25-24-15-17)6-4-5-7-22(26)27/h12-15H,4-7,10-11H2,1-3H3,(H,26,27). The number of benzene rings is 1. The Labute approximate surface area is 166 Å². The van der Waals surface area contributed by atoms with E-state index in [2.05, 4.69) is 48.0 Å². The van der Waals surface area contributed by atoms with Crippen LogP contribution in [-0.4, -0.2) is 27.9 Å². The van der Waals surface area contributed by atoms with Gasteiger partial charge in [-0.3, -0.25) is 4.79 Å². The molecule has 146 valence electrons. The summed E-state index contributed by atoms with van der Waals surface area (Å²) >= 11 is 0. The van der Waals surface area contributed by atoms with Gasteiger partial charge in [0.1, 0.15) is 5.75 Å². The van der Waals surface area contributed by atoms with Crippen LogP contribution in [0.1, 0.15) is 67.5 Å². The topological polar surface area (TPSA) is 72.3 Å². The molecule has 0 amide bonds. The Morgan fingerprint density at radius 2 is 2.07 bits per heavy atom. The van der Waals surface area contributed by atoms with Crippen LogP contribution in [0, 0.1) is 18.8 Å². The second kappa shape index (κ2) is 8.43. The van der Waals surface area contributed by atoms with Gasteiger partial charge in [-0.05, 0) is 61.8 Å². The zero-order chi connectivity index (χ0) is 20.1. The molecule has 2 aromatic rings. The Hall–Kier alpha value is -2.87. The van der Waals surface area contributed by atoms with Gasteiger partial charge in [-0.2, -0.15) is 10.2 Å². The summed E-state index contributed by atoms with van der Waals surface area (Å²) in [7, 11) is 0. The largest absolute Gasteiger partial charge is 0.493 e. The van der Waals surface area contributed by atoms with E-state index in [-0.39, 0.29) is 11.8 Å². The minimum absolute atomic E-state index is 0.0824. The SMILES string of the molecule is Cc1cc2c(cc1C#Cc1cnnc(CCCCC(=O)O)c1)C(C)(C)CCO2. The van der Waals surface area contributed by atoms with Gasteiger partial charge in [0.25, 0.3) is 0 Å². The molecular formula is C23H26N2O3. The van der Waals surface area contributed by atoms with Gasteiger partial charge in [0.05, 0.1) is 18.5 Å². The molecule has 28 heavy (non-hydrogen) atoms. The molecule has 0 saturated carbocycles. The quantitative estimate of drug-likeness (QED) is 0.628. The molecule has 1 aliphatic rings. The number of hydrogen-bond acceptors (Lipinski definition) is 4. The number of carboxylic acids is 1. The molecule has 0 atom stereocenters. The first kappa shape index (κ1) is 19.9. The molecule has 1 aromatic heterocycles. The predicted octanol–water partition coefficient (Wildman–Crippen LogP) is 4.04. The first-order valence-corrected chi connectivity index (χ1v) is 9.68. The predicted molar refractivity (Wildman–Crippen MR) is 108 cm³/mol. The van der Waals surface area contributed by atoms with Gasteiger partial charge >= 0.3 is 5.97 Å². The summed E-state index contributed by atoms with van der Waals surface area (Å²) in [6.07, 6.45) is 4.96. The van der Waals surface area contributed by atoms with Gasteiger partial charge in [0.15, 0.2) is 0 Å². The smallest absolute Gasteiger partial charge is 0.303 e. The normalized spacial score (nSPS) is 14.4. The number of unbranched alkanes of at least 4 members (excludes halogenated alkanes) is 1. The number of carboxylic acid groups (broad SMARTS) is 1. The van der Waals surface area contributed by atoms with Crippen LogP contribution in [0.5, 0.6) is 5.75 Å². The molecule has 0 saturated heterocycles. The fraction of sp³-hybridized carbons (Fsp3) is 0.435. The minimum Gasteiger partial charge on any atom is -0.493 e. The van der Waals surface area contributed by atoms with E-state index in [9.17, 15) is 4.79 Å². The number of aryl methyl sites for hydroxylation is 2. The molecule has 1 aliphatic heterocycles. The van der Waals surface area contributed by atoms with Gasteiger partial charge < -0.3 is 9.84 Å². The van der Waals surface area contributed by atoms with Crippen molar-refractivity contribution in [2.75, 3.05) is 6.61 Å². The van der Waals surface area contributed by atoms with Crippen LogP contribution in [0.15, 0.2) is 24.4 Å². The maximum Gasteiger partial charge on any atom is 0.303 e. The highest BCUT2D eigenvalue weighted by Gasteiger charge is 2.29. The van der Waals surface area contributed by atoms with Gasteiger partial charge in [-0.1, -0.05) is 25.7 Å². The summed E-state index contributed by atoms with van der Waals surface area (Å²) in [5.41, 5.74) is 5.04. The highest BCUT2D eigenvalue weighted by Crippen LogP contribution is 2.39. The highest BCUT2D eigenvalue weighted by atomic mass is 16.5. The summed E-state index contributed by atoms with van der Waals surface area (Å²) in [5.74, 6) is 6.68.